The molecule has 0 fully saturated rings. The highest BCUT2D eigenvalue weighted by Crippen LogP contribution is 2.29. The van der Waals surface area contributed by atoms with Crippen molar-refractivity contribution >= 4 is 34.2 Å². The van der Waals surface area contributed by atoms with E-state index in [0.717, 1.165) is 0 Å². The first-order chi connectivity index (χ1) is 11.9. The van der Waals surface area contributed by atoms with Gasteiger partial charge in [0.25, 0.3) is 5.78 Å². The van der Waals surface area contributed by atoms with Crippen molar-refractivity contribution < 1.29 is 18.0 Å². The number of hydrogen-bond acceptors (Lipinski definition) is 8. The molecule has 0 unspecified atom stereocenters. The van der Waals surface area contributed by atoms with Crippen LogP contribution in [0, 0.1) is 0 Å². The average molecular weight is 347 g/mol. The van der Waals surface area contributed by atoms with Crippen molar-refractivity contribution in [3.63, 3.8) is 0 Å². The molecule has 0 atom stereocenters. The highest BCUT2D eigenvalue weighted by atomic mass is 16.5. The summed E-state index contributed by atoms with van der Waals surface area (Å²) in [5.74, 6) is -0.332. The summed E-state index contributed by atoms with van der Waals surface area (Å²) in [6.07, 6.45) is 0.699. The van der Waals surface area contributed by atoms with Crippen LogP contribution in [0.1, 0.15) is 18.9 Å². The number of carbonyl (C=O) groups excluding carboxylic acids is 1. The SMILES string of the molecule is CCC(=O)Nc1nc2c(CCN(C)C)c3oc(=O)c(=O)oc1cc2o3. The Morgan fingerprint density at radius 1 is 1.16 bits per heavy atom. The molecular formula is C16H17N3O6. The summed E-state index contributed by atoms with van der Waals surface area (Å²) in [5, 5.41) is 2.57. The molecule has 3 aromatic rings. The van der Waals surface area contributed by atoms with Crippen LogP contribution in [-0.4, -0.2) is 36.4 Å². The third-order valence-electron chi connectivity index (χ3n) is 3.63. The van der Waals surface area contributed by atoms with Crippen LogP contribution in [0.2, 0.25) is 0 Å². The van der Waals surface area contributed by atoms with Crippen molar-refractivity contribution in [3.05, 3.63) is 32.5 Å². The number of furan rings is 1. The summed E-state index contributed by atoms with van der Waals surface area (Å²) in [7, 11) is 3.79. The van der Waals surface area contributed by atoms with Gasteiger partial charge in [0, 0.05) is 19.0 Å². The minimum atomic E-state index is -1.22. The number of nitrogens with zero attached hydrogens (tertiary/aromatic N) is 2. The Morgan fingerprint density at radius 3 is 2.56 bits per heavy atom. The van der Waals surface area contributed by atoms with Crippen molar-refractivity contribution in [1.29, 1.82) is 0 Å². The van der Waals surface area contributed by atoms with Gasteiger partial charge in [0.2, 0.25) is 5.91 Å². The predicted octanol–water partition coefficient (Wildman–Crippen LogP) is 1.34. The standard InChI is InChI=1S/C16H17N3O6/c1-4-11(20)17-13-10-7-9-12(18-13)8(5-6-19(2)3)16(24-9)25-15(22)14(21)23-10/h7H,4-6H2,1-3H3,(H,17,18,20). The number of hydrogen-bond donors (Lipinski definition) is 1. The number of aromatic nitrogens is 1. The third-order valence-corrected chi connectivity index (χ3v) is 3.63. The lowest BCUT2D eigenvalue weighted by molar-refractivity contribution is -0.115. The van der Waals surface area contributed by atoms with Crippen molar-refractivity contribution in [3.8, 4) is 0 Å². The van der Waals surface area contributed by atoms with Crippen molar-refractivity contribution in [1.82, 2.24) is 9.88 Å². The predicted molar refractivity (Wildman–Crippen MR) is 89.8 cm³/mol. The van der Waals surface area contributed by atoms with E-state index in [2.05, 4.69) is 10.3 Å². The van der Waals surface area contributed by atoms with E-state index < -0.39 is 11.3 Å². The van der Waals surface area contributed by atoms with Gasteiger partial charge < -0.3 is 23.5 Å². The number of rotatable bonds is 5. The van der Waals surface area contributed by atoms with Crippen molar-refractivity contribution in [2.75, 3.05) is 26.0 Å². The summed E-state index contributed by atoms with van der Waals surface area (Å²) in [6, 6.07) is 1.41. The minimum absolute atomic E-state index is 0.0563. The zero-order chi connectivity index (χ0) is 18.1. The van der Waals surface area contributed by atoms with Crippen molar-refractivity contribution in [2.24, 2.45) is 0 Å². The molecule has 3 heterocycles. The normalized spacial score (nSPS) is 11.5. The molecule has 0 aliphatic carbocycles. The summed E-state index contributed by atoms with van der Waals surface area (Å²) >= 11 is 0. The van der Waals surface area contributed by atoms with Crippen LogP contribution in [0.15, 0.2) is 28.9 Å². The molecule has 0 aromatic carbocycles. The lowest BCUT2D eigenvalue weighted by Crippen LogP contribution is -2.20. The summed E-state index contributed by atoms with van der Waals surface area (Å²) < 4.78 is 15.5. The van der Waals surface area contributed by atoms with Crippen LogP contribution >= 0.6 is 0 Å². The fourth-order valence-electron chi connectivity index (χ4n) is 2.32. The molecule has 0 saturated carbocycles. The fourth-order valence-corrected chi connectivity index (χ4v) is 2.32. The van der Waals surface area contributed by atoms with Gasteiger partial charge in [-0.3, -0.25) is 4.79 Å². The van der Waals surface area contributed by atoms with Gasteiger partial charge in [-0.15, -0.1) is 0 Å². The molecular weight excluding hydrogens is 330 g/mol. The first-order valence-electron chi connectivity index (χ1n) is 7.74. The van der Waals surface area contributed by atoms with Gasteiger partial charge in [-0.2, -0.15) is 0 Å². The second kappa shape index (κ2) is 6.52. The number of nitrogens with one attached hydrogen (secondary N) is 1. The van der Waals surface area contributed by atoms with Gasteiger partial charge in [0.05, 0.1) is 5.56 Å². The number of pyridine rings is 1. The molecule has 1 N–H and O–H groups in total. The Morgan fingerprint density at radius 2 is 1.88 bits per heavy atom. The van der Waals surface area contributed by atoms with Crippen molar-refractivity contribution in [2.45, 2.75) is 19.8 Å². The number of anilines is 1. The van der Waals surface area contributed by atoms with Gasteiger partial charge >= 0.3 is 11.3 Å². The lowest BCUT2D eigenvalue weighted by atomic mass is 10.2. The number of carbonyl (C=O) groups is 1. The van der Waals surface area contributed by atoms with Crippen LogP contribution in [-0.2, 0) is 11.2 Å². The smallest absolute Gasteiger partial charge is 0.423 e. The first kappa shape index (κ1) is 16.9. The van der Waals surface area contributed by atoms with E-state index in [4.69, 9.17) is 13.3 Å². The molecule has 9 nitrogen and oxygen atoms in total. The molecule has 3 rings (SSSR count). The zero-order valence-electron chi connectivity index (χ0n) is 14.0. The summed E-state index contributed by atoms with van der Waals surface area (Å²) in [5.41, 5.74) is -1.20. The molecule has 3 bridgehead atoms. The third kappa shape index (κ3) is 3.31. The molecule has 3 aromatic heterocycles. The number of fused-ring (bicyclic) bond motifs is 2. The second-order valence-corrected chi connectivity index (χ2v) is 5.78. The molecule has 0 aliphatic rings. The maximum absolute atomic E-state index is 11.9. The quantitative estimate of drug-likeness (QED) is 0.687. The molecule has 1 amide bonds. The van der Waals surface area contributed by atoms with Crippen LogP contribution in [0.25, 0.3) is 22.5 Å². The van der Waals surface area contributed by atoms with Crippen LogP contribution in [0.5, 0.6) is 0 Å². The second-order valence-electron chi connectivity index (χ2n) is 5.78. The highest BCUT2D eigenvalue weighted by Gasteiger charge is 2.19. The van der Waals surface area contributed by atoms with Gasteiger partial charge in [0.15, 0.2) is 17.0 Å². The average Bonchev–Trinajstić information content (AvgIpc) is 2.90. The minimum Gasteiger partial charge on any atom is -0.423 e. The Balaban J connectivity index is 2.33. The van der Waals surface area contributed by atoms with Gasteiger partial charge in [-0.05, 0) is 20.5 Å². The Kier molecular flexibility index (Phi) is 4.41. The number of amides is 1. The summed E-state index contributed by atoms with van der Waals surface area (Å²) in [4.78, 5) is 41.7. The largest absolute Gasteiger partial charge is 0.425 e. The monoisotopic (exact) mass is 347 g/mol. The number of likely N-dealkylation sites (N-methyl/N-ethyl adjacent to an activating group) is 1. The summed E-state index contributed by atoms with van der Waals surface area (Å²) in [6.45, 7) is 2.32. The molecule has 132 valence electrons. The molecule has 0 radical (unpaired) electrons. The van der Waals surface area contributed by atoms with Crippen LogP contribution in [0.4, 0.5) is 5.82 Å². The van der Waals surface area contributed by atoms with Crippen LogP contribution < -0.4 is 16.6 Å². The Bertz CT molecular complexity index is 1060. The van der Waals surface area contributed by atoms with E-state index in [1.807, 2.05) is 19.0 Å². The Hall–Kier alpha value is -2.94. The topological polar surface area (TPSA) is 119 Å². The van der Waals surface area contributed by atoms with E-state index >= 15 is 0 Å². The molecule has 0 saturated heterocycles. The molecule has 0 spiro atoms. The van der Waals surface area contributed by atoms with E-state index in [1.54, 1.807) is 6.92 Å². The molecule has 9 heteroatoms. The van der Waals surface area contributed by atoms with E-state index in [9.17, 15) is 14.4 Å². The highest BCUT2D eigenvalue weighted by molar-refractivity contribution is 5.96. The maximum atomic E-state index is 11.9. The van der Waals surface area contributed by atoms with Gasteiger partial charge in [-0.1, -0.05) is 6.92 Å². The van der Waals surface area contributed by atoms with Gasteiger partial charge in [0.1, 0.15) is 5.52 Å². The van der Waals surface area contributed by atoms with Gasteiger partial charge in [-0.25, -0.2) is 14.6 Å². The lowest BCUT2D eigenvalue weighted by Gasteiger charge is -2.08. The molecule has 0 aliphatic heterocycles. The van der Waals surface area contributed by atoms with E-state index in [-0.39, 0.29) is 29.5 Å². The molecule has 25 heavy (non-hydrogen) atoms. The Labute approximate surface area is 141 Å². The first-order valence-corrected chi connectivity index (χ1v) is 7.74. The van der Waals surface area contributed by atoms with E-state index in [1.165, 1.54) is 6.07 Å². The fraction of sp³-hybridized carbons (Fsp3) is 0.375. The zero-order valence-corrected chi connectivity index (χ0v) is 14.0. The van der Waals surface area contributed by atoms with E-state index in [0.29, 0.717) is 29.6 Å². The van der Waals surface area contributed by atoms with Crippen LogP contribution in [0.3, 0.4) is 0 Å². The maximum Gasteiger partial charge on any atom is 0.425 e.